The van der Waals surface area contributed by atoms with Crippen LogP contribution in [0.15, 0.2) is 12.3 Å². The molecule has 1 aromatic rings. The van der Waals surface area contributed by atoms with E-state index in [1.807, 2.05) is 13.8 Å². The average Bonchev–Trinajstić information content (AvgIpc) is 2.03. The van der Waals surface area contributed by atoms with Crippen molar-refractivity contribution in [3.8, 4) is 0 Å². The Hall–Kier alpha value is -0.890. The molecule has 0 aliphatic heterocycles. The third-order valence-corrected chi connectivity index (χ3v) is 1.91. The van der Waals surface area contributed by atoms with Gasteiger partial charge in [0, 0.05) is 18.2 Å². The SMILES string of the molecule is CCC(=O)c1cnc(Cl)cc1C. The van der Waals surface area contributed by atoms with Gasteiger partial charge in [-0.25, -0.2) is 4.98 Å². The molecule has 3 heteroatoms. The highest BCUT2D eigenvalue weighted by molar-refractivity contribution is 6.29. The van der Waals surface area contributed by atoms with Crippen molar-refractivity contribution in [3.63, 3.8) is 0 Å². The summed E-state index contributed by atoms with van der Waals surface area (Å²) in [5, 5.41) is 0.431. The Labute approximate surface area is 76.6 Å². The topological polar surface area (TPSA) is 30.0 Å². The Morgan fingerprint density at radius 2 is 2.33 bits per heavy atom. The molecule has 0 aliphatic carbocycles. The summed E-state index contributed by atoms with van der Waals surface area (Å²) in [7, 11) is 0. The zero-order chi connectivity index (χ0) is 9.14. The second-order valence-corrected chi connectivity index (χ2v) is 2.99. The lowest BCUT2D eigenvalue weighted by molar-refractivity contribution is 0.0987. The van der Waals surface area contributed by atoms with Crippen molar-refractivity contribution in [3.05, 3.63) is 28.5 Å². The number of nitrogens with zero attached hydrogens (tertiary/aromatic N) is 1. The van der Waals surface area contributed by atoms with Gasteiger partial charge in [-0.2, -0.15) is 0 Å². The van der Waals surface area contributed by atoms with Crippen LogP contribution in [0.5, 0.6) is 0 Å². The minimum Gasteiger partial charge on any atom is -0.294 e. The molecule has 2 nitrogen and oxygen atoms in total. The summed E-state index contributed by atoms with van der Waals surface area (Å²) in [6.07, 6.45) is 2.04. The molecule has 0 amide bonds. The molecule has 0 bridgehead atoms. The zero-order valence-corrected chi connectivity index (χ0v) is 7.85. The van der Waals surface area contributed by atoms with E-state index in [1.54, 1.807) is 6.07 Å². The minimum absolute atomic E-state index is 0.108. The van der Waals surface area contributed by atoms with E-state index in [2.05, 4.69) is 4.98 Å². The number of carbonyl (C=O) groups excluding carboxylic acids is 1. The molecule has 0 saturated carbocycles. The van der Waals surface area contributed by atoms with Crippen LogP contribution >= 0.6 is 11.6 Å². The molecule has 0 spiro atoms. The summed E-state index contributed by atoms with van der Waals surface area (Å²) in [6, 6.07) is 1.70. The molecule has 0 atom stereocenters. The lowest BCUT2D eigenvalue weighted by Crippen LogP contribution is -2.00. The number of halogens is 1. The highest BCUT2D eigenvalue weighted by atomic mass is 35.5. The Morgan fingerprint density at radius 3 is 2.83 bits per heavy atom. The van der Waals surface area contributed by atoms with Crippen molar-refractivity contribution >= 4 is 17.4 Å². The molecule has 0 unspecified atom stereocenters. The smallest absolute Gasteiger partial charge is 0.164 e. The maximum absolute atomic E-state index is 11.3. The average molecular weight is 184 g/mol. The molecule has 0 aromatic carbocycles. The van der Waals surface area contributed by atoms with E-state index >= 15 is 0 Å². The van der Waals surface area contributed by atoms with Crippen molar-refractivity contribution in [2.24, 2.45) is 0 Å². The van der Waals surface area contributed by atoms with E-state index in [-0.39, 0.29) is 5.78 Å². The summed E-state index contributed by atoms with van der Waals surface area (Å²) >= 11 is 5.64. The number of Topliss-reactive ketones (excluding diaryl/α,β-unsaturated/α-hetero) is 1. The Kier molecular flexibility index (Phi) is 2.82. The van der Waals surface area contributed by atoms with Gasteiger partial charge in [-0.1, -0.05) is 18.5 Å². The molecule has 1 rings (SSSR count). The van der Waals surface area contributed by atoms with Crippen LogP contribution in [-0.4, -0.2) is 10.8 Å². The molecule has 12 heavy (non-hydrogen) atoms. The number of hydrogen-bond acceptors (Lipinski definition) is 2. The molecule has 1 heterocycles. The number of carbonyl (C=O) groups is 1. The van der Waals surface area contributed by atoms with Crippen molar-refractivity contribution in [1.82, 2.24) is 4.98 Å². The van der Waals surface area contributed by atoms with E-state index < -0.39 is 0 Å². The Bertz CT molecular complexity index is 309. The summed E-state index contributed by atoms with van der Waals surface area (Å²) < 4.78 is 0. The Balaban J connectivity index is 3.09. The number of rotatable bonds is 2. The van der Waals surface area contributed by atoms with Crippen molar-refractivity contribution < 1.29 is 4.79 Å². The van der Waals surface area contributed by atoms with Crippen LogP contribution in [0.3, 0.4) is 0 Å². The van der Waals surface area contributed by atoms with E-state index in [0.29, 0.717) is 17.1 Å². The lowest BCUT2D eigenvalue weighted by Gasteiger charge is -2.01. The highest BCUT2D eigenvalue weighted by Gasteiger charge is 2.06. The van der Waals surface area contributed by atoms with E-state index in [4.69, 9.17) is 11.6 Å². The molecule has 0 fully saturated rings. The quantitative estimate of drug-likeness (QED) is 0.521. The fourth-order valence-electron chi connectivity index (χ4n) is 1.00. The van der Waals surface area contributed by atoms with Crippen LogP contribution < -0.4 is 0 Å². The second kappa shape index (κ2) is 3.68. The number of aryl methyl sites for hydroxylation is 1. The van der Waals surface area contributed by atoms with Crippen molar-refractivity contribution in [2.75, 3.05) is 0 Å². The van der Waals surface area contributed by atoms with Gasteiger partial charge in [-0.3, -0.25) is 4.79 Å². The molecular weight excluding hydrogens is 174 g/mol. The van der Waals surface area contributed by atoms with E-state index in [0.717, 1.165) is 5.56 Å². The first-order valence-electron chi connectivity index (χ1n) is 3.80. The predicted octanol–water partition coefficient (Wildman–Crippen LogP) is 2.64. The first-order chi connectivity index (χ1) is 5.65. The van der Waals surface area contributed by atoms with E-state index in [9.17, 15) is 4.79 Å². The van der Waals surface area contributed by atoms with Crippen LogP contribution in [0, 0.1) is 6.92 Å². The van der Waals surface area contributed by atoms with Crippen LogP contribution in [-0.2, 0) is 0 Å². The van der Waals surface area contributed by atoms with Gasteiger partial charge in [0.25, 0.3) is 0 Å². The first-order valence-corrected chi connectivity index (χ1v) is 4.18. The lowest BCUT2D eigenvalue weighted by atomic mass is 10.1. The summed E-state index contributed by atoms with van der Waals surface area (Å²) in [5.74, 6) is 0.108. The van der Waals surface area contributed by atoms with Crippen LogP contribution in [0.2, 0.25) is 5.15 Å². The van der Waals surface area contributed by atoms with Gasteiger partial charge >= 0.3 is 0 Å². The molecule has 1 aromatic heterocycles. The van der Waals surface area contributed by atoms with Gasteiger partial charge in [-0.15, -0.1) is 0 Å². The van der Waals surface area contributed by atoms with Gasteiger partial charge in [0.1, 0.15) is 5.15 Å². The van der Waals surface area contributed by atoms with Gasteiger partial charge < -0.3 is 0 Å². The molecular formula is C9H10ClNO. The monoisotopic (exact) mass is 183 g/mol. The van der Waals surface area contributed by atoms with Crippen molar-refractivity contribution in [2.45, 2.75) is 20.3 Å². The fourth-order valence-corrected chi connectivity index (χ4v) is 1.22. The maximum atomic E-state index is 11.3. The van der Waals surface area contributed by atoms with Crippen molar-refractivity contribution in [1.29, 1.82) is 0 Å². The third-order valence-electron chi connectivity index (χ3n) is 1.70. The van der Waals surface area contributed by atoms with Crippen LogP contribution in [0.1, 0.15) is 29.3 Å². The number of ketones is 1. The predicted molar refractivity (Wildman–Crippen MR) is 48.6 cm³/mol. The van der Waals surface area contributed by atoms with Crippen LogP contribution in [0.25, 0.3) is 0 Å². The van der Waals surface area contributed by atoms with Crippen LogP contribution in [0.4, 0.5) is 0 Å². The maximum Gasteiger partial charge on any atom is 0.164 e. The first kappa shape index (κ1) is 9.20. The number of hydrogen-bond donors (Lipinski definition) is 0. The third kappa shape index (κ3) is 1.83. The summed E-state index contributed by atoms with van der Waals surface area (Å²) in [4.78, 5) is 15.1. The second-order valence-electron chi connectivity index (χ2n) is 2.60. The van der Waals surface area contributed by atoms with Gasteiger partial charge in [0.15, 0.2) is 5.78 Å². The molecule has 64 valence electrons. The molecule has 0 N–H and O–H groups in total. The Morgan fingerprint density at radius 1 is 1.67 bits per heavy atom. The van der Waals surface area contributed by atoms with Gasteiger partial charge in [0.05, 0.1) is 0 Å². The molecule has 0 saturated heterocycles. The minimum atomic E-state index is 0.108. The zero-order valence-electron chi connectivity index (χ0n) is 7.10. The largest absolute Gasteiger partial charge is 0.294 e. The fraction of sp³-hybridized carbons (Fsp3) is 0.333. The molecule has 0 radical (unpaired) electrons. The summed E-state index contributed by atoms with van der Waals surface area (Å²) in [5.41, 5.74) is 1.56. The number of pyridine rings is 1. The summed E-state index contributed by atoms with van der Waals surface area (Å²) in [6.45, 7) is 3.69. The normalized spacial score (nSPS) is 9.92. The highest BCUT2D eigenvalue weighted by Crippen LogP contribution is 2.13. The number of aromatic nitrogens is 1. The van der Waals surface area contributed by atoms with E-state index in [1.165, 1.54) is 6.20 Å². The standard InChI is InChI=1S/C9H10ClNO/c1-3-8(12)7-5-11-9(10)4-6(7)2/h4-5H,3H2,1-2H3. The molecule has 0 aliphatic rings. The van der Waals surface area contributed by atoms with Gasteiger partial charge in [0.2, 0.25) is 0 Å². The van der Waals surface area contributed by atoms with Gasteiger partial charge in [-0.05, 0) is 18.6 Å².